The average Bonchev–Trinajstić information content (AvgIpc) is 2.69. The number of carbonyl (C=O) groups is 1. The van der Waals surface area contributed by atoms with E-state index in [4.69, 9.17) is 5.73 Å². The summed E-state index contributed by atoms with van der Waals surface area (Å²) in [6.07, 6.45) is 0.688. The lowest BCUT2D eigenvalue weighted by atomic mass is 10.0. The molecule has 3 rings (SSSR count). The number of nitrogens with zero attached hydrogens (tertiary/aromatic N) is 4. The van der Waals surface area contributed by atoms with E-state index in [0.717, 1.165) is 5.56 Å². The van der Waals surface area contributed by atoms with Gasteiger partial charge in [0, 0.05) is 14.1 Å². The number of aromatic nitrogens is 3. The van der Waals surface area contributed by atoms with E-state index in [1.807, 2.05) is 43.3 Å². The normalized spacial score (nSPS) is 12.0. The van der Waals surface area contributed by atoms with Gasteiger partial charge in [-0.25, -0.2) is 9.97 Å². The highest BCUT2D eigenvalue weighted by atomic mass is 16.1. The Kier molecular flexibility index (Phi) is 5.58. The van der Waals surface area contributed by atoms with Gasteiger partial charge in [-0.15, -0.1) is 0 Å². The van der Waals surface area contributed by atoms with Gasteiger partial charge in [-0.1, -0.05) is 37.3 Å². The summed E-state index contributed by atoms with van der Waals surface area (Å²) in [5, 5.41) is 3.00. The number of pyridine rings is 1. The molecule has 8 nitrogen and oxygen atoms in total. The zero-order chi connectivity index (χ0) is 20.3. The molecule has 1 amide bonds. The van der Waals surface area contributed by atoms with Crippen molar-refractivity contribution < 1.29 is 4.79 Å². The summed E-state index contributed by atoms with van der Waals surface area (Å²) >= 11 is 0. The SMILES string of the molecule is CC[C@@H](c1ccccc1)n1c(=O)c(N(C)CC(N)=O)nc2ccc(NC)nc21. The van der Waals surface area contributed by atoms with Crippen LogP contribution in [0.3, 0.4) is 0 Å². The van der Waals surface area contributed by atoms with Gasteiger partial charge >= 0.3 is 0 Å². The number of fused-ring (bicyclic) bond motifs is 1. The van der Waals surface area contributed by atoms with Crippen LogP contribution in [-0.4, -0.2) is 41.1 Å². The molecule has 1 atom stereocenters. The summed E-state index contributed by atoms with van der Waals surface area (Å²) in [7, 11) is 3.40. The number of primary amides is 1. The number of carbonyl (C=O) groups excluding carboxylic acids is 1. The maximum Gasteiger partial charge on any atom is 0.295 e. The first-order valence-corrected chi connectivity index (χ1v) is 9.11. The fourth-order valence-corrected chi connectivity index (χ4v) is 3.30. The minimum atomic E-state index is -0.533. The van der Waals surface area contributed by atoms with Crippen molar-refractivity contribution >= 4 is 28.7 Å². The van der Waals surface area contributed by atoms with Crippen LogP contribution < -0.4 is 21.5 Å². The van der Waals surface area contributed by atoms with Crippen molar-refractivity contribution in [1.29, 1.82) is 0 Å². The summed E-state index contributed by atoms with van der Waals surface area (Å²) in [6, 6.07) is 13.2. The maximum atomic E-state index is 13.4. The second-order valence-corrected chi connectivity index (χ2v) is 6.56. The first-order valence-electron chi connectivity index (χ1n) is 9.11. The molecule has 8 heteroatoms. The van der Waals surface area contributed by atoms with Crippen LogP contribution >= 0.6 is 0 Å². The van der Waals surface area contributed by atoms with Gasteiger partial charge in [-0.3, -0.25) is 14.2 Å². The molecule has 0 fully saturated rings. The molecule has 0 spiro atoms. The number of benzene rings is 1. The van der Waals surface area contributed by atoms with Crippen LogP contribution in [-0.2, 0) is 4.79 Å². The largest absolute Gasteiger partial charge is 0.373 e. The summed E-state index contributed by atoms with van der Waals surface area (Å²) in [4.78, 5) is 35.3. The fraction of sp³-hybridized carbons (Fsp3) is 0.300. The first-order chi connectivity index (χ1) is 13.5. The van der Waals surface area contributed by atoms with Crippen molar-refractivity contribution in [3.63, 3.8) is 0 Å². The molecule has 3 N–H and O–H groups in total. The predicted octanol–water partition coefficient (Wildman–Crippen LogP) is 1.75. The lowest BCUT2D eigenvalue weighted by Gasteiger charge is -2.24. The predicted molar refractivity (Wildman–Crippen MR) is 111 cm³/mol. The van der Waals surface area contributed by atoms with Gasteiger partial charge in [0.2, 0.25) is 5.91 Å². The Hall–Kier alpha value is -3.42. The van der Waals surface area contributed by atoms with E-state index >= 15 is 0 Å². The molecule has 28 heavy (non-hydrogen) atoms. The minimum Gasteiger partial charge on any atom is -0.373 e. The Bertz CT molecular complexity index is 1050. The highest BCUT2D eigenvalue weighted by Gasteiger charge is 2.22. The molecule has 0 unspecified atom stereocenters. The van der Waals surface area contributed by atoms with Crippen molar-refractivity contribution in [1.82, 2.24) is 14.5 Å². The van der Waals surface area contributed by atoms with Gasteiger partial charge in [-0.2, -0.15) is 0 Å². The zero-order valence-corrected chi connectivity index (χ0v) is 16.2. The van der Waals surface area contributed by atoms with Crippen molar-refractivity contribution in [2.75, 3.05) is 30.9 Å². The number of nitrogens with one attached hydrogen (secondary N) is 1. The Morgan fingerprint density at radius 3 is 2.54 bits per heavy atom. The third kappa shape index (κ3) is 3.66. The summed E-state index contributed by atoms with van der Waals surface area (Å²) < 4.78 is 1.66. The second kappa shape index (κ2) is 8.08. The number of hydrogen-bond acceptors (Lipinski definition) is 6. The van der Waals surface area contributed by atoms with Crippen LogP contribution in [0.1, 0.15) is 24.9 Å². The van der Waals surface area contributed by atoms with Crippen molar-refractivity contribution in [3.8, 4) is 0 Å². The monoisotopic (exact) mass is 380 g/mol. The molecular formula is C20H24N6O2. The zero-order valence-electron chi connectivity index (χ0n) is 16.2. The van der Waals surface area contributed by atoms with E-state index in [1.54, 1.807) is 24.7 Å². The van der Waals surface area contributed by atoms with E-state index < -0.39 is 5.91 Å². The molecule has 0 saturated carbocycles. The first kappa shape index (κ1) is 19.3. The molecule has 3 aromatic rings. The minimum absolute atomic E-state index is 0.0993. The van der Waals surface area contributed by atoms with E-state index in [0.29, 0.717) is 23.4 Å². The van der Waals surface area contributed by atoms with E-state index in [2.05, 4.69) is 15.3 Å². The number of amides is 1. The molecule has 2 aromatic heterocycles. The summed E-state index contributed by atoms with van der Waals surface area (Å²) in [5.74, 6) is 0.275. The van der Waals surface area contributed by atoms with Crippen molar-refractivity contribution in [2.24, 2.45) is 5.73 Å². The van der Waals surface area contributed by atoms with Crippen LogP contribution in [0.4, 0.5) is 11.6 Å². The molecule has 146 valence electrons. The number of rotatable bonds is 7. The molecule has 0 saturated heterocycles. The Balaban J connectivity index is 2.32. The quantitative estimate of drug-likeness (QED) is 0.647. The number of nitrogens with two attached hydrogens (primary N) is 1. The average molecular weight is 380 g/mol. The van der Waals surface area contributed by atoms with Crippen molar-refractivity contribution in [3.05, 3.63) is 58.4 Å². The molecule has 0 aliphatic carbocycles. The van der Waals surface area contributed by atoms with Crippen LogP contribution in [0, 0.1) is 0 Å². The Morgan fingerprint density at radius 2 is 1.93 bits per heavy atom. The number of likely N-dealkylation sites (N-methyl/N-ethyl adjacent to an activating group) is 1. The number of hydrogen-bond donors (Lipinski definition) is 2. The van der Waals surface area contributed by atoms with Gasteiger partial charge in [0.15, 0.2) is 11.5 Å². The fourth-order valence-electron chi connectivity index (χ4n) is 3.30. The lowest BCUT2D eigenvalue weighted by molar-refractivity contribution is -0.116. The van der Waals surface area contributed by atoms with Crippen LogP contribution in [0.2, 0.25) is 0 Å². The third-order valence-electron chi connectivity index (χ3n) is 4.61. The van der Waals surface area contributed by atoms with Gasteiger partial charge in [-0.05, 0) is 24.1 Å². The maximum absolute atomic E-state index is 13.4. The Morgan fingerprint density at radius 1 is 1.21 bits per heavy atom. The third-order valence-corrected chi connectivity index (χ3v) is 4.61. The molecule has 0 bridgehead atoms. The highest BCUT2D eigenvalue weighted by molar-refractivity contribution is 5.80. The molecule has 0 aliphatic heterocycles. The van der Waals surface area contributed by atoms with Gasteiger partial charge in [0.05, 0.1) is 12.6 Å². The van der Waals surface area contributed by atoms with E-state index in [-0.39, 0.29) is 24.0 Å². The smallest absolute Gasteiger partial charge is 0.295 e. The van der Waals surface area contributed by atoms with Crippen molar-refractivity contribution in [2.45, 2.75) is 19.4 Å². The topological polar surface area (TPSA) is 106 Å². The molecule has 2 heterocycles. The summed E-state index contributed by atoms with van der Waals surface area (Å²) in [6.45, 7) is 1.92. The standard InChI is InChI=1S/C20H24N6O2/c1-4-15(13-8-6-5-7-9-13)26-18-14(10-11-17(22-2)24-18)23-19(20(26)28)25(3)12-16(21)27/h5-11,15H,4,12H2,1-3H3,(H2,21,27)(H,22,24)/t15-/m0/s1. The highest BCUT2D eigenvalue weighted by Crippen LogP contribution is 2.25. The molecular weight excluding hydrogens is 356 g/mol. The Labute approximate surface area is 163 Å². The number of anilines is 2. The van der Waals surface area contributed by atoms with Gasteiger partial charge < -0.3 is 16.0 Å². The van der Waals surface area contributed by atoms with E-state index in [9.17, 15) is 9.59 Å². The summed E-state index contributed by atoms with van der Waals surface area (Å²) in [5.41, 5.74) is 7.05. The molecule has 1 aromatic carbocycles. The molecule has 0 radical (unpaired) electrons. The van der Waals surface area contributed by atoms with Gasteiger partial charge in [0.25, 0.3) is 5.56 Å². The molecule has 0 aliphatic rings. The van der Waals surface area contributed by atoms with Gasteiger partial charge in [0.1, 0.15) is 11.3 Å². The van der Waals surface area contributed by atoms with Crippen LogP contribution in [0.15, 0.2) is 47.3 Å². The van der Waals surface area contributed by atoms with E-state index in [1.165, 1.54) is 4.90 Å². The van der Waals surface area contributed by atoms with Crippen LogP contribution in [0.25, 0.3) is 11.2 Å². The second-order valence-electron chi connectivity index (χ2n) is 6.56. The lowest BCUT2D eigenvalue weighted by Crippen LogP contribution is -2.38. The van der Waals surface area contributed by atoms with Crippen LogP contribution in [0.5, 0.6) is 0 Å².